The summed E-state index contributed by atoms with van der Waals surface area (Å²) in [6.07, 6.45) is 1.82. The van der Waals surface area contributed by atoms with Crippen molar-refractivity contribution in [3.05, 3.63) is 59.9 Å². The molecule has 1 atom stereocenters. The first kappa shape index (κ1) is 14.9. The van der Waals surface area contributed by atoms with Gasteiger partial charge in [0.05, 0.1) is 24.5 Å². The molecule has 1 unspecified atom stereocenters. The molecule has 0 spiro atoms. The van der Waals surface area contributed by atoms with Crippen LogP contribution in [0.4, 0.5) is 0 Å². The average Bonchev–Trinajstić information content (AvgIpc) is 2.58. The molecule has 1 aromatic heterocycles. The van der Waals surface area contributed by atoms with Crippen molar-refractivity contribution in [1.29, 1.82) is 0 Å². The second-order valence-corrected chi connectivity index (χ2v) is 5.94. The van der Waals surface area contributed by atoms with Gasteiger partial charge in [-0.1, -0.05) is 30.4 Å². The van der Waals surface area contributed by atoms with Crippen molar-refractivity contribution in [2.45, 2.75) is 5.41 Å². The van der Waals surface area contributed by atoms with Crippen LogP contribution in [0.5, 0.6) is 5.75 Å². The van der Waals surface area contributed by atoms with E-state index in [1.54, 1.807) is 7.11 Å². The van der Waals surface area contributed by atoms with E-state index >= 15 is 0 Å². The van der Waals surface area contributed by atoms with Gasteiger partial charge in [-0.15, -0.1) is 0 Å². The molecule has 1 aliphatic rings. The first-order valence-corrected chi connectivity index (χ1v) is 7.60. The first-order chi connectivity index (χ1) is 10.7. The van der Waals surface area contributed by atoms with Crippen LogP contribution in [-0.4, -0.2) is 42.2 Å². The van der Waals surface area contributed by atoms with E-state index in [4.69, 9.17) is 17.0 Å². The summed E-state index contributed by atoms with van der Waals surface area (Å²) >= 11 is 5.71. The number of aromatic nitrogens is 1. The number of nitrogens with zero attached hydrogens (tertiary/aromatic N) is 2. The van der Waals surface area contributed by atoms with E-state index in [1.807, 2.05) is 36.5 Å². The van der Waals surface area contributed by atoms with E-state index in [9.17, 15) is 0 Å². The summed E-state index contributed by atoms with van der Waals surface area (Å²) in [6, 6.07) is 14.0. The lowest BCUT2D eigenvalue weighted by molar-refractivity contribution is 0.268. The molecule has 3 rings (SSSR count). The van der Waals surface area contributed by atoms with E-state index in [2.05, 4.69) is 34.4 Å². The smallest absolute Gasteiger partial charge is 0.118 e. The number of pyridine rings is 1. The number of benzene rings is 1. The Morgan fingerprint density at radius 3 is 2.64 bits per heavy atom. The molecule has 0 bridgehead atoms. The van der Waals surface area contributed by atoms with Crippen molar-refractivity contribution in [2.75, 3.05) is 27.4 Å². The second-order valence-electron chi connectivity index (χ2n) is 5.53. The fourth-order valence-electron chi connectivity index (χ4n) is 2.95. The van der Waals surface area contributed by atoms with Gasteiger partial charge in [-0.25, -0.2) is 0 Å². The molecule has 1 saturated heterocycles. The van der Waals surface area contributed by atoms with Gasteiger partial charge >= 0.3 is 0 Å². The maximum Gasteiger partial charge on any atom is 0.118 e. The van der Waals surface area contributed by atoms with Gasteiger partial charge in [0.25, 0.3) is 0 Å². The van der Waals surface area contributed by atoms with Crippen LogP contribution in [0.2, 0.25) is 0 Å². The molecule has 1 aliphatic heterocycles. The molecule has 0 aliphatic carbocycles. The topological polar surface area (TPSA) is 37.4 Å². The van der Waals surface area contributed by atoms with Crippen molar-refractivity contribution in [2.24, 2.45) is 0 Å². The van der Waals surface area contributed by atoms with Crippen molar-refractivity contribution < 1.29 is 4.74 Å². The zero-order chi connectivity index (χ0) is 15.6. The number of likely N-dealkylation sites (N-methyl/N-ethyl adjacent to an activating group) is 1. The molecule has 2 heterocycles. The Labute approximate surface area is 136 Å². The zero-order valence-electron chi connectivity index (χ0n) is 12.7. The molecule has 22 heavy (non-hydrogen) atoms. The molecule has 0 radical (unpaired) electrons. The predicted molar refractivity (Wildman–Crippen MR) is 91.2 cm³/mol. The monoisotopic (exact) mass is 313 g/mol. The van der Waals surface area contributed by atoms with Gasteiger partial charge in [0.15, 0.2) is 0 Å². The van der Waals surface area contributed by atoms with Gasteiger partial charge in [-0.05, 0) is 36.9 Å². The van der Waals surface area contributed by atoms with Crippen LogP contribution in [0.1, 0.15) is 11.3 Å². The lowest BCUT2D eigenvalue weighted by atomic mass is 9.75. The summed E-state index contributed by atoms with van der Waals surface area (Å²) in [5, 5.41) is 3.33. The highest BCUT2D eigenvalue weighted by Crippen LogP contribution is 2.35. The molecule has 4 nitrogen and oxygen atoms in total. The number of nitrogens with one attached hydrogen (secondary N) is 1. The molecular weight excluding hydrogens is 294 g/mol. The van der Waals surface area contributed by atoms with Crippen LogP contribution < -0.4 is 10.1 Å². The van der Waals surface area contributed by atoms with Crippen LogP contribution in [0.3, 0.4) is 0 Å². The molecule has 114 valence electrons. The van der Waals surface area contributed by atoms with Crippen LogP contribution in [-0.2, 0) is 5.41 Å². The Bertz CT molecular complexity index is 659. The van der Waals surface area contributed by atoms with E-state index in [0.717, 1.165) is 35.2 Å². The maximum atomic E-state index is 5.71. The number of thiocarbonyl (C=S) groups is 1. The zero-order valence-corrected chi connectivity index (χ0v) is 13.6. The number of rotatable bonds is 3. The summed E-state index contributed by atoms with van der Waals surface area (Å²) in [7, 11) is 3.75. The molecule has 2 aromatic rings. The molecule has 1 aromatic carbocycles. The molecule has 1 fully saturated rings. The third-order valence-electron chi connectivity index (χ3n) is 4.09. The van der Waals surface area contributed by atoms with E-state index < -0.39 is 5.41 Å². The quantitative estimate of drug-likeness (QED) is 0.879. The molecule has 0 amide bonds. The summed E-state index contributed by atoms with van der Waals surface area (Å²) in [5.41, 5.74) is 1.65. The lowest BCUT2D eigenvalue weighted by Crippen LogP contribution is -2.59. The van der Waals surface area contributed by atoms with Crippen molar-refractivity contribution in [3.63, 3.8) is 0 Å². The van der Waals surface area contributed by atoms with Crippen LogP contribution >= 0.6 is 12.2 Å². The summed E-state index contributed by atoms with van der Waals surface area (Å²) in [4.78, 5) is 7.62. The van der Waals surface area contributed by atoms with Gasteiger partial charge in [-0.2, -0.15) is 0 Å². The van der Waals surface area contributed by atoms with Crippen molar-refractivity contribution in [1.82, 2.24) is 15.2 Å². The van der Waals surface area contributed by atoms with E-state index in [1.165, 1.54) is 0 Å². The minimum Gasteiger partial charge on any atom is -0.497 e. The van der Waals surface area contributed by atoms with Gasteiger partial charge < -0.3 is 10.1 Å². The highest BCUT2D eigenvalue weighted by atomic mass is 32.1. The number of methoxy groups -OCH3 is 1. The Balaban J connectivity index is 2.15. The van der Waals surface area contributed by atoms with Gasteiger partial charge in [0.2, 0.25) is 0 Å². The fourth-order valence-corrected chi connectivity index (χ4v) is 3.30. The minimum absolute atomic E-state index is 0.435. The molecule has 5 heteroatoms. The molecular formula is C17H19N3OS. The second kappa shape index (κ2) is 6.02. The van der Waals surface area contributed by atoms with E-state index in [-0.39, 0.29) is 0 Å². The van der Waals surface area contributed by atoms with Crippen LogP contribution in [0.15, 0.2) is 48.7 Å². The number of hydrogen-bond acceptors (Lipinski definition) is 4. The fraction of sp³-hybridized carbons (Fsp3) is 0.294. The average molecular weight is 313 g/mol. The van der Waals surface area contributed by atoms with Crippen LogP contribution in [0, 0.1) is 0 Å². The normalized spacial score (nSPS) is 22.2. The number of ether oxygens (including phenoxy) is 1. The molecule has 0 saturated carbocycles. The highest BCUT2D eigenvalue weighted by Gasteiger charge is 2.43. The number of hydrogen-bond donors (Lipinski definition) is 1. The summed E-state index contributed by atoms with van der Waals surface area (Å²) < 4.78 is 5.27. The third-order valence-corrected chi connectivity index (χ3v) is 4.58. The third kappa shape index (κ3) is 2.46. The molecule has 1 N–H and O–H groups in total. The highest BCUT2D eigenvalue weighted by molar-refractivity contribution is 7.80. The standard InChI is InChI=1S/C17H19N3OS/c1-20-11-17(16(22)19-12-20,15-5-3-4-10-18-15)13-6-8-14(21-2)9-7-13/h3-10H,11-12H2,1-2H3,(H,19,22). The van der Waals surface area contributed by atoms with Gasteiger partial charge in [-0.3, -0.25) is 9.88 Å². The van der Waals surface area contributed by atoms with Crippen molar-refractivity contribution >= 4 is 17.2 Å². The Morgan fingerprint density at radius 1 is 1.23 bits per heavy atom. The Morgan fingerprint density at radius 2 is 2.00 bits per heavy atom. The van der Waals surface area contributed by atoms with Crippen molar-refractivity contribution in [3.8, 4) is 5.75 Å². The lowest BCUT2D eigenvalue weighted by Gasteiger charge is -2.42. The van der Waals surface area contributed by atoms with Gasteiger partial charge in [0, 0.05) is 12.7 Å². The first-order valence-electron chi connectivity index (χ1n) is 7.20. The SMILES string of the molecule is COc1ccc(C2(c3ccccn3)CN(C)CNC2=S)cc1. The summed E-state index contributed by atoms with van der Waals surface area (Å²) in [5.74, 6) is 0.836. The predicted octanol–water partition coefficient (Wildman–Crippen LogP) is 2.20. The Hall–Kier alpha value is -1.98. The maximum absolute atomic E-state index is 5.71. The van der Waals surface area contributed by atoms with Crippen LogP contribution in [0.25, 0.3) is 0 Å². The van der Waals surface area contributed by atoms with Gasteiger partial charge in [0.1, 0.15) is 11.2 Å². The Kier molecular flexibility index (Phi) is 4.09. The van der Waals surface area contributed by atoms with E-state index in [0.29, 0.717) is 0 Å². The summed E-state index contributed by atoms with van der Waals surface area (Å²) in [6.45, 7) is 1.55. The minimum atomic E-state index is -0.435. The largest absolute Gasteiger partial charge is 0.497 e.